The molecule has 0 atom stereocenters. The third-order valence-corrected chi connectivity index (χ3v) is 8.69. The van der Waals surface area contributed by atoms with Crippen LogP contribution in [0.5, 0.6) is 0 Å². The van der Waals surface area contributed by atoms with Gasteiger partial charge in [-0.15, -0.1) is 11.3 Å². The Hall–Kier alpha value is -2.54. The normalized spacial score (nSPS) is 14.9. The fourth-order valence-corrected chi connectivity index (χ4v) is 6.42. The van der Waals surface area contributed by atoms with Crippen LogP contribution in [0.3, 0.4) is 0 Å². The Morgan fingerprint density at radius 2 is 2.03 bits per heavy atom. The fourth-order valence-electron chi connectivity index (χ4n) is 3.32. The summed E-state index contributed by atoms with van der Waals surface area (Å²) in [5.74, 6) is -0.632. The van der Waals surface area contributed by atoms with E-state index in [1.165, 1.54) is 22.8 Å². The molecule has 1 aliphatic rings. The highest BCUT2D eigenvalue weighted by atomic mass is 32.2. The molecule has 12 heteroatoms. The number of thiophene rings is 1. The first-order valence-electron chi connectivity index (χ1n) is 10.1. The second-order valence-electron chi connectivity index (χ2n) is 7.20. The van der Waals surface area contributed by atoms with E-state index in [4.69, 9.17) is 4.74 Å². The van der Waals surface area contributed by atoms with Gasteiger partial charge in [0.25, 0.3) is 10.0 Å². The molecule has 3 aromatic rings. The lowest BCUT2D eigenvalue weighted by Gasteiger charge is -2.20. The Morgan fingerprint density at radius 1 is 1.25 bits per heavy atom. The number of aromatic nitrogens is 1. The zero-order chi connectivity index (χ0) is 22.7. The van der Waals surface area contributed by atoms with E-state index >= 15 is 0 Å². The zero-order valence-electron chi connectivity index (χ0n) is 17.2. The number of nitrogens with one attached hydrogen (secondary N) is 3. The van der Waals surface area contributed by atoms with Crippen LogP contribution >= 0.6 is 22.7 Å². The molecule has 0 radical (unpaired) electrons. The SMILES string of the molecule is CCOC(=O)c1csc(S(=O)(=O)Nc2ccc3nc(NC(=O)C4CCNCC4)sc3c2)c1. The second-order valence-corrected chi connectivity index (χ2v) is 11.0. The number of amides is 1. The Kier molecular flexibility index (Phi) is 6.74. The molecular formula is C20H22N4O5S3. The first-order chi connectivity index (χ1) is 15.4. The summed E-state index contributed by atoms with van der Waals surface area (Å²) in [4.78, 5) is 28.7. The van der Waals surface area contributed by atoms with E-state index in [9.17, 15) is 18.0 Å². The van der Waals surface area contributed by atoms with Crippen molar-refractivity contribution in [3.8, 4) is 0 Å². The number of rotatable bonds is 7. The maximum absolute atomic E-state index is 12.7. The minimum Gasteiger partial charge on any atom is -0.462 e. The van der Waals surface area contributed by atoms with Crippen LogP contribution in [0.25, 0.3) is 10.2 Å². The van der Waals surface area contributed by atoms with Gasteiger partial charge in [0.15, 0.2) is 5.13 Å². The van der Waals surface area contributed by atoms with Gasteiger partial charge in [-0.25, -0.2) is 18.2 Å². The predicted octanol–water partition coefficient (Wildman–Crippen LogP) is 3.27. The summed E-state index contributed by atoms with van der Waals surface area (Å²) in [7, 11) is -3.87. The Balaban J connectivity index is 1.47. The van der Waals surface area contributed by atoms with E-state index < -0.39 is 16.0 Å². The van der Waals surface area contributed by atoms with E-state index in [1.54, 1.807) is 25.1 Å². The highest BCUT2D eigenvalue weighted by Crippen LogP contribution is 2.31. The molecular weight excluding hydrogens is 472 g/mol. The van der Waals surface area contributed by atoms with Crippen molar-refractivity contribution in [2.75, 3.05) is 29.7 Å². The summed E-state index contributed by atoms with van der Waals surface area (Å²) in [6, 6.07) is 6.27. The molecule has 32 heavy (non-hydrogen) atoms. The maximum atomic E-state index is 12.7. The van der Waals surface area contributed by atoms with Gasteiger partial charge in [0, 0.05) is 11.3 Å². The van der Waals surface area contributed by atoms with Gasteiger partial charge in [0.05, 0.1) is 28.1 Å². The van der Waals surface area contributed by atoms with Crippen molar-refractivity contribution in [2.24, 2.45) is 5.92 Å². The van der Waals surface area contributed by atoms with E-state index in [1.807, 2.05) is 0 Å². The zero-order valence-corrected chi connectivity index (χ0v) is 19.7. The van der Waals surface area contributed by atoms with Crippen molar-refractivity contribution < 1.29 is 22.7 Å². The second kappa shape index (κ2) is 9.53. The van der Waals surface area contributed by atoms with E-state index in [-0.39, 0.29) is 28.2 Å². The van der Waals surface area contributed by atoms with Gasteiger partial charge in [0.2, 0.25) is 5.91 Å². The van der Waals surface area contributed by atoms with Crippen LogP contribution < -0.4 is 15.4 Å². The highest BCUT2D eigenvalue weighted by Gasteiger charge is 2.23. The summed E-state index contributed by atoms with van der Waals surface area (Å²) in [6.07, 6.45) is 1.59. The molecule has 1 amide bonds. The number of sulfonamides is 1. The number of ether oxygens (including phenoxy) is 1. The largest absolute Gasteiger partial charge is 0.462 e. The monoisotopic (exact) mass is 494 g/mol. The van der Waals surface area contributed by atoms with Gasteiger partial charge in [-0.1, -0.05) is 11.3 Å². The Morgan fingerprint density at radius 3 is 2.78 bits per heavy atom. The predicted molar refractivity (Wildman–Crippen MR) is 125 cm³/mol. The third-order valence-electron chi connectivity index (χ3n) is 4.93. The molecule has 3 heterocycles. The van der Waals surface area contributed by atoms with Crippen molar-refractivity contribution in [1.82, 2.24) is 10.3 Å². The lowest BCUT2D eigenvalue weighted by atomic mass is 9.97. The highest BCUT2D eigenvalue weighted by molar-refractivity contribution is 7.94. The van der Waals surface area contributed by atoms with Gasteiger partial charge >= 0.3 is 5.97 Å². The van der Waals surface area contributed by atoms with Crippen molar-refractivity contribution in [3.63, 3.8) is 0 Å². The number of benzene rings is 1. The van der Waals surface area contributed by atoms with Crippen LogP contribution in [0.2, 0.25) is 0 Å². The number of carbonyl (C=O) groups excluding carboxylic acids is 2. The first-order valence-corrected chi connectivity index (χ1v) is 13.2. The number of thiazole rings is 1. The van der Waals surface area contributed by atoms with E-state index in [0.717, 1.165) is 42.0 Å². The molecule has 0 spiro atoms. The summed E-state index contributed by atoms with van der Waals surface area (Å²) in [5.41, 5.74) is 1.23. The Labute approximate surface area is 193 Å². The molecule has 0 unspecified atom stereocenters. The van der Waals surface area contributed by atoms with Crippen LogP contribution in [-0.2, 0) is 19.6 Å². The van der Waals surface area contributed by atoms with Gasteiger partial charge in [-0.2, -0.15) is 0 Å². The number of hydrogen-bond donors (Lipinski definition) is 3. The molecule has 3 N–H and O–H groups in total. The van der Waals surface area contributed by atoms with Crippen LogP contribution in [0, 0.1) is 5.92 Å². The number of anilines is 2. The average Bonchev–Trinajstić information content (AvgIpc) is 3.41. The lowest BCUT2D eigenvalue weighted by Crippen LogP contribution is -2.34. The van der Waals surface area contributed by atoms with Crippen LogP contribution in [0.4, 0.5) is 10.8 Å². The first kappa shape index (κ1) is 22.6. The van der Waals surface area contributed by atoms with Crippen molar-refractivity contribution >= 4 is 65.6 Å². The summed E-state index contributed by atoms with van der Waals surface area (Å²) < 4.78 is 33.6. The van der Waals surface area contributed by atoms with Crippen molar-refractivity contribution in [3.05, 3.63) is 35.2 Å². The average molecular weight is 495 g/mol. The quantitative estimate of drug-likeness (QED) is 0.430. The number of esters is 1. The van der Waals surface area contributed by atoms with Gasteiger partial charge < -0.3 is 15.4 Å². The number of nitrogens with zero attached hydrogens (tertiary/aromatic N) is 1. The van der Waals surface area contributed by atoms with Crippen molar-refractivity contribution in [1.29, 1.82) is 0 Å². The molecule has 4 rings (SSSR count). The molecule has 1 aliphatic heterocycles. The van der Waals surface area contributed by atoms with Crippen molar-refractivity contribution in [2.45, 2.75) is 24.0 Å². The number of piperidine rings is 1. The van der Waals surface area contributed by atoms with E-state index in [0.29, 0.717) is 16.3 Å². The van der Waals surface area contributed by atoms with E-state index in [2.05, 4.69) is 20.3 Å². The fraction of sp³-hybridized carbons (Fsp3) is 0.350. The molecule has 0 saturated carbocycles. The number of hydrogen-bond acceptors (Lipinski definition) is 9. The minimum absolute atomic E-state index is 0.0138. The van der Waals surface area contributed by atoms with Gasteiger partial charge in [0.1, 0.15) is 4.21 Å². The van der Waals surface area contributed by atoms with Crippen LogP contribution in [-0.4, -0.2) is 45.0 Å². The van der Waals surface area contributed by atoms with Gasteiger partial charge in [-0.05, 0) is 57.1 Å². The topological polar surface area (TPSA) is 126 Å². The molecule has 1 aromatic carbocycles. The number of carbonyl (C=O) groups is 2. The summed E-state index contributed by atoms with van der Waals surface area (Å²) in [6.45, 7) is 3.55. The molecule has 2 aromatic heterocycles. The summed E-state index contributed by atoms with van der Waals surface area (Å²) in [5, 5.41) is 8.05. The molecule has 1 fully saturated rings. The van der Waals surface area contributed by atoms with Crippen LogP contribution in [0.1, 0.15) is 30.1 Å². The van der Waals surface area contributed by atoms with Crippen LogP contribution in [0.15, 0.2) is 33.9 Å². The molecule has 1 saturated heterocycles. The minimum atomic E-state index is -3.87. The number of fused-ring (bicyclic) bond motifs is 1. The standard InChI is InChI=1S/C20H22N4O5S3/c1-2-29-19(26)13-9-17(30-11-13)32(27,28)24-14-3-4-15-16(10-14)31-20(22-15)23-18(25)12-5-7-21-8-6-12/h3-4,9-12,21,24H,2,5-8H2,1H3,(H,22,23,25). The smallest absolute Gasteiger partial charge is 0.339 e. The maximum Gasteiger partial charge on any atom is 0.339 e. The molecule has 0 bridgehead atoms. The summed E-state index contributed by atoms with van der Waals surface area (Å²) >= 11 is 2.23. The third kappa shape index (κ3) is 5.09. The Bertz CT molecular complexity index is 1250. The molecule has 0 aliphatic carbocycles. The molecule has 9 nitrogen and oxygen atoms in total. The van der Waals surface area contributed by atoms with Gasteiger partial charge in [-0.3, -0.25) is 9.52 Å². The lowest BCUT2D eigenvalue weighted by molar-refractivity contribution is -0.120. The molecule has 170 valence electrons.